The molecule has 1 N–H and O–H groups in total. The summed E-state index contributed by atoms with van der Waals surface area (Å²) in [6.07, 6.45) is 2.08. The summed E-state index contributed by atoms with van der Waals surface area (Å²) in [6, 6.07) is 6.45. The van der Waals surface area contributed by atoms with E-state index >= 15 is 0 Å². The Balaban J connectivity index is 1.98. The van der Waals surface area contributed by atoms with E-state index in [1.54, 1.807) is 25.3 Å². The van der Waals surface area contributed by atoms with Gasteiger partial charge in [-0.3, -0.25) is 4.79 Å². The van der Waals surface area contributed by atoms with Gasteiger partial charge in [0.2, 0.25) is 0 Å². The fourth-order valence-electron chi connectivity index (χ4n) is 1.73. The number of rotatable bonds is 4. The Morgan fingerprint density at radius 2 is 2.11 bits per heavy atom. The standard InChI is InChI=1S/C14H13F2NO2/c1-9(7-11-3-2-6-19-11)17-14(18)10-4-5-12(15)13(16)8-10/h2-6,8-9H,7H2,1H3,(H,17,18)/t9-/m1/s1. The molecule has 0 aliphatic heterocycles. The van der Waals surface area contributed by atoms with Gasteiger partial charge in [-0.25, -0.2) is 8.78 Å². The van der Waals surface area contributed by atoms with Crippen molar-refractivity contribution in [3.8, 4) is 0 Å². The van der Waals surface area contributed by atoms with Gasteiger partial charge in [0.25, 0.3) is 5.91 Å². The van der Waals surface area contributed by atoms with E-state index < -0.39 is 17.5 Å². The summed E-state index contributed by atoms with van der Waals surface area (Å²) in [7, 11) is 0. The average Bonchev–Trinajstić information content (AvgIpc) is 2.85. The fourth-order valence-corrected chi connectivity index (χ4v) is 1.73. The molecule has 0 aliphatic carbocycles. The van der Waals surface area contributed by atoms with Crippen LogP contribution in [0.4, 0.5) is 8.78 Å². The smallest absolute Gasteiger partial charge is 0.251 e. The van der Waals surface area contributed by atoms with Crippen LogP contribution in [-0.4, -0.2) is 11.9 Å². The zero-order chi connectivity index (χ0) is 13.8. The summed E-state index contributed by atoms with van der Waals surface area (Å²) < 4.78 is 30.9. The van der Waals surface area contributed by atoms with Crippen molar-refractivity contribution in [1.82, 2.24) is 5.32 Å². The predicted octanol–water partition coefficient (Wildman–Crippen LogP) is 2.92. The maximum Gasteiger partial charge on any atom is 0.251 e. The van der Waals surface area contributed by atoms with Crippen LogP contribution in [0.3, 0.4) is 0 Å². The molecule has 0 fully saturated rings. The zero-order valence-corrected chi connectivity index (χ0v) is 10.3. The molecule has 0 aliphatic rings. The molecular formula is C14H13F2NO2. The van der Waals surface area contributed by atoms with Crippen molar-refractivity contribution in [2.24, 2.45) is 0 Å². The Morgan fingerprint density at radius 1 is 1.32 bits per heavy atom. The minimum atomic E-state index is -1.04. The van der Waals surface area contributed by atoms with E-state index in [2.05, 4.69) is 5.32 Å². The van der Waals surface area contributed by atoms with Gasteiger partial charge < -0.3 is 9.73 Å². The van der Waals surface area contributed by atoms with Gasteiger partial charge in [0.1, 0.15) is 5.76 Å². The normalized spacial score (nSPS) is 12.2. The van der Waals surface area contributed by atoms with Gasteiger partial charge in [-0.2, -0.15) is 0 Å². The van der Waals surface area contributed by atoms with Crippen LogP contribution in [0.1, 0.15) is 23.0 Å². The predicted molar refractivity (Wildman–Crippen MR) is 65.7 cm³/mol. The molecule has 0 unspecified atom stereocenters. The van der Waals surface area contributed by atoms with E-state index in [1.165, 1.54) is 6.07 Å². The number of halogens is 2. The summed E-state index contributed by atoms with van der Waals surface area (Å²) in [6.45, 7) is 1.81. The first-order valence-corrected chi connectivity index (χ1v) is 5.84. The summed E-state index contributed by atoms with van der Waals surface area (Å²) in [5.74, 6) is -1.71. The molecular weight excluding hydrogens is 252 g/mol. The van der Waals surface area contributed by atoms with E-state index in [4.69, 9.17) is 4.42 Å². The maximum atomic E-state index is 13.0. The molecule has 2 aromatic rings. The van der Waals surface area contributed by atoms with Crippen LogP contribution < -0.4 is 5.32 Å². The molecule has 100 valence electrons. The van der Waals surface area contributed by atoms with Crippen LogP contribution in [0.5, 0.6) is 0 Å². The van der Waals surface area contributed by atoms with Gasteiger partial charge >= 0.3 is 0 Å². The second-order valence-electron chi connectivity index (χ2n) is 4.29. The highest BCUT2D eigenvalue weighted by atomic mass is 19.2. The fraction of sp³-hybridized carbons (Fsp3) is 0.214. The highest BCUT2D eigenvalue weighted by Gasteiger charge is 2.13. The Kier molecular flexibility index (Phi) is 3.94. The van der Waals surface area contributed by atoms with Crippen LogP contribution in [-0.2, 0) is 6.42 Å². The zero-order valence-electron chi connectivity index (χ0n) is 10.3. The molecule has 1 heterocycles. The van der Waals surface area contributed by atoms with Crippen molar-refractivity contribution in [3.05, 3.63) is 59.6 Å². The molecule has 1 aromatic carbocycles. The van der Waals surface area contributed by atoms with E-state index in [0.717, 1.165) is 17.9 Å². The van der Waals surface area contributed by atoms with Gasteiger partial charge in [-0.1, -0.05) is 0 Å². The molecule has 1 atom stereocenters. The summed E-state index contributed by atoms with van der Waals surface area (Å²) >= 11 is 0. The van der Waals surface area contributed by atoms with Crippen molar-refractivity contribution < 1.29 is 18.0 Å². The first-order valence-electron chi connectivity index (χ1n) is 5.84. The largest absolute Gasteiger partial charge is 0.469 e. The van der Waals surface area contributed by atoms with Crippen LogP contribution in [0.25, 0.3) is 0 Å². The monoisotopic (exact) mass is 265 g/mol. The SMILES string of the molecule is C[C@H](Cc1ccco1)NC(=O)c1ccc(F)c(F)c1. The number of carbonyl (C=O) groups excluding carboxylic acids is 1. The number of nitrogens with one attached hydrogen (secondary N) is 1. The van der Waals surface area contributed by atoms with Crippen molar-refractivity contribution >= 4 is 5.91 Å². The summed E-state index contributed by atoms with van der Waals surface area (Å²) in [5, 5.41) is 2.69. The van der Waals surface area contributed by atoms with Crippen molar-refractivity contribution in [1.29, 1.82) is 0 Å². The van der Waals surface area contributed by atoms with E-state index in [-0.39, 0.29) is 11.6 Å². The van der Waals surface area contributed by atoms with Crippen molar-refractivity contribution in [2.75, 3.05) is 0 Å². The van der Waals surface area contributed by atoms with E-state index in [1.807, 2.05) is 0 Å². The van der Waals surface area contributed by atoms with Crippen molar-refractivity contribution in [3.63, 3.8) is 0 Å². The Labute approximate surface area is 109 Å². The Morgan fingerprint density at radius 3 is 2.74 bits per heavy atom. The maximum absolute atomic E-state index is 13.0. The van der Waals surface area contributed by atoms with Crippen LogP contribution in [0, 0.1) is 11.6 Å². The van der Waals surface area contributed by atoms with Gasteiger partial charge in [0, 0.05) is 18.0 Å². The van der Waals surface area contributed by atoms with Gasteiger partial charge in [0.05, 0.1) is 6.26 Å². The molecule has 0 radical (unpaired) electrons. The van der Waals surface area contributed by atoms with Gasteiger partial charge in [-0.05, 0) is 37.3 Å². The lowest BCUT2D eigenvalue weighted by molar-refractivity contribution is 0.0938. The second kappa shape index (κ2) is 5.65. The van der Waals surface area contributed by atoms with Gasteiger partial charge in [-0.15, -0.1) is 0 Å². The number of hydrogen-bond donors (Lipinski definition) is 1. The van der Waals surface area contributed by atoms with Gasteiger partial charge in [0.15, 0.2) is 11.6 Å². The molecule has 0 bridgehead atoms. The first-order chi connectivity index (χ1) is 9.06. The lowest BCUT2D eigenvalue weighted by Crippen LogP contribution is -2.34. The molecule has 5 heteroatoms. The highest BCUT2D eigenvalue weighted by molar-refractivity contribution is 5.94. The number of carbonyl (C=O) groups is 1. The first kappa shape index (κ1) is 13.3. The van der Waals surface area contributed by atoms with Crippen LogP contribution >= 0.6 is 0 Å². The molecule has 0 saturated heterocycles. The topological polar surface area (TPSA) is 42.2 Å². The molecule has 0 spiro atoms. The molecule has 0 saturated carbocycles. The number of amides is 1. The molecule has 3 nitrogen and oxygen atoms in total. The third-order valence-electron chi connectivity index (χ3n) is 2.65. The Hall–Kier alpha value is -2.17. The molecule has 1 aromatic heterocycles. The van der Waals surface area contributed by atoms with E-state index in [9.17, 15) is 13.6 Å². The quantitative estimate of drug-likeness (QED) is 0.923. The van der Waals surface area contributed by atoms with E-state index in [0.29, 0.717) is 6.42 Å². The summed E-state index contributed by atoms with van der Waals surface area (Å²) in [4.78, 5) is 11.8. The lowest BCUT2D eigenvalue weighted by Gasteiger charge is -2.12. The molecule has 2 rings (SSSR count). The Bertz CT molecular complexity index is 567. The number of benzene rings is 1. The minimum Gasteiger partial charge on any atom is -0.469 e. The summed E-state index contributed by atoms with van der Waals surface area (Å²) in [5.41, 5.74) is 0.0881. The average molecular weight is 265 g/mol. The lowest BCUT2D eigenvalue weighted by atomic mass is 10.1. The highest BCUT2D eigenvalue weighted by Crippen LogP contribution is 2.09. The van der Waals surface area contributed by atoms with Crippen LogP contribution in [0.15, 0.2) is 41.0 Å². The number of furan rings is 1. The molecule has 19 heavy (non-hydrogen) atoms. The van der Waals surface area contributed by atoms with Crippen LogP contribution in [0.2, 0.25) is 0 Å². The minimum absolute atomic E-state index is 0.0881. The van der Waals surface area contributed by atoms with Crippen molar-refractivity contribution in [2.45, 2.75) is 19.4 Å². The molecule has 1 amide bonds. The third kappa shape index (κ3) is 3.40. The number of hydrogen-bond acceptors (Lipinski definition) is 2. The second-order valence-corrected chi connectivity index (χ2v) is 4.29. The third-order valence-corrected chi connectivity index (χ3v) is 2.65.